The lowest BCUT2D eigenvalue weighted by Crippen LogP contribution is -1.97. The summed E-state index contributed by atoms with van der Waals surface area (Å²) < 4.78 is 0. The summed E-state index contributed by atoms with van der Waals surface area (Å²) in [5, 5.41) is 9.77. The maximum absolute atomic E-state index is 9.77. The summed E-state index contributed by atoms with van der Waals surface area (Å²) in [5.74, 6) is 2.40. The summed E-state index contributed by atoms with van der Waals surface area (Å²) in [6, 6.07) is 8.15. The van der Waals surface area contributed by atoms with Crippen LogP contribution in [0.5, 0.6) is 0 Å². The Morgan fingerprint density at radius 2 is 1.82 bits per heavy atom. The van der Waals surface area contributed by atoms with Crippen LogP contribution in [-0.4, -0.2) is 16.7 Å². The highest BCUT2D eigenvalue weighted by Gasteiger charge is 2.06. The largest absolute Gasteiger partial charge is 0.388 e. The van der Waals surface area contributed by atoms with E-state index in [0.717, 1.165) is 17.2 Å². The van der Waals surface area contributed by atoms with E-state index in [2.05, 4.69) is 26.0 Å². The van der Waals surface area contributed by atoms with Crippen molar-refractivity contribution in [3.63, 3.8) is 0 Å². The molecule has 0 aromatic heterocycles. The van der Waals surface area contributed by atoms with Crippen molar-refractivity contribution in [2.45, 2.75) is 37.7 Å². The van der Waals surface area contributed by atoms with Gasteiger partial charge >= 0.3 is 0 Å². The molecule has 1 nitrogen and oxygen atoms in total. The SMILES string of the molecule is CC(C)CCSc1ccc(C(O)CCCl)cc1. The summed E-state index contributed by atoms with van der Waals surface area (Å²) in [4.78, 5) is 1.27. The normalized spacial score (nSPS) is 13.0. The third-order valence-corrected chi connectivity index (χ3v) is 3.87. The van der Waals surface area contributed by atoms with Gasteiger partial charge in [-0.05, 0) is 42.2 Å². The molecule has 0 spiro atoms. The fourth-order valence-corrected chi connectivity index (χ4v) is 2.83. The number of hydrogen-bond acceptors (Lipinski definition) is 2. The highest BCUT2D eigenvalue weighted by Crippen LogP contribution is 2.24. The van der Waals surface area contributed by atoms with Crippen LogP contribution < -0.4 is 0 Å². The Bertz CT molecular complexity index is 311. The van der Waals surface area contributed by atoms with Crippen LogP contribution in [0, 0.1) is 5.92 Å². The van der Waals surface area contributed by atoms with E-state index in [0.29, 0.717) is 12.3 Å². The van der Waals surface area contributed by atoms with E-state index < -0.39 is 6.10 Å². The Morgan fingerprint density at radius 3 is 2.35 bits per heavy atom. The van der Waals surface area contributed by atoms with Crippen molar-refractivity contribution in [1.29, 1.82) is 0 Å². The van der Waals surface area contributed by atoms with Crippen LogP contribution in [0.2, 0.25) is 0 Å². The first-order chi connectivity index (χ1) is 8.13. The molecule has 0 saturated carbocycles. The fraction of sp³-hybridized carbons (Fsp3) is 0.571. The molecule has 1 unspecified atom stereocenters. The molecule has 96 valence electrons. The van der Waals surface area contributed by atoms with Gasteiger partial charge in [0.2, 0.25) is 0 Å². The Hall–Kier alpha value is -0.180. The molecule has 1 aromatic carbocycles. The lowest BCUT2D eigenvalue weighted by Gasteiger charge is -2.10. The van der Waals surface area contributed by atoms with Crippen molar-refractivity contribution >= 4 is 23.4 Å². The minimum Gasteiger partial charge on any atom is -0.388 e. The van der Waals surface area contributed by atoms with Gasteiger partial charge in [0.1, 0.15) is 0 Å². The van der Waals surface area contributed by atoms with Gasteiger partial charge in [-0.2, -0.15) is 0 Å². The number of benzene rings is 1. The van der Waals surface area contributed by atoms with Crippen LogP contribution in [-0.2, 0) is 0 Å². The zero-order valence-electron chi connectivity index (χ0n) is 10.5. The molecule has 1 rings (SSSR count). The van der Waals surface area contributed by atoms with Gasteiger partial charge in [-0.1, -0.05) is 26.0 Å². The first-order valence-corrected chi connectivity index (χ1v) is 7.62. The Morgan fingerprint density at radius 1 is 1.18 bits per heavy atom. The Kier molecular flexibility index (Phi) is 7.02. The minimum absolute atomic E-state index is 0.429. The molecule has 0 fully saturated rings. The second kappa shape index (κ2) is 8.02. The quantitative estimate of drug-likeness (QED) is 0.583. The number of aliphatic hydroxyl groups excluding tert-OH is 1. The summed E-state index contributed by atoms with van der Waals surface area (Å²) >= 11 is 7.49. The van der Waals surface area contributed by atoms with Crippen LogP contribution in [0.25, 0.3) is 0 Å². The van der Waals surface area contributed by atoms with E-state index >= 15 is 0 Å². The third-order valence-electron chi connectivity index (χ3n) is 2.61. The van der Waals surface area contributed by atoms with Gasteiger partial charge in [-0.3, -0.25) is 0 Å². The number of aliphatic hydroxyl groups is 1. The maximum Gasteiger partial charge on any atom is 0.0801 e. The number of rotatable bonds is 7. The zero-order chi connectivity index (χ0) is 12.7. The lowest BCUT2D eigenvalue weighted by molar-refractivity contribution is 0.174. The second-order valence-electron chi connectivity index (χ2n) is 4.59. The molecular formula is C14H21ClOS. The monoisotopic (exact) mass is 272 g/mol. The summed E-state index contributed by atoms with van der Waals surface area (Å²) in [5.41, 5.74) is 0.957. The minimum atomic E-state index is -0.429. The number of halogens is 1. The number of thioether (sulfide) groups is 1. The second-order valence-corrected chi connectivity index (χ2v) is 6.14. The van der Waals surface area contributed by atoms with E-state index in [1.807, 2.05) is 23.9 Å². The molecule has 1 atom stereocenters. The van der Waals surface area contributed by atoms with Crippen LogP contribution in [0.15, 0.2) is 29.2 Å². The van der Waals surface area contributed by atoms with Crippen molar-refractivity contribution in [2.75, 3.05) is 11.6 Å². The van der Waals surface area contributed by atoms with Crippen molar-refractivity contribution in [2.24, 2.45) is 5.92 Å². The van der Waals surface area contributed by atoms with Crippen molar-refractivity contribution < 1.29 is 5.11 Å². The molecule has 17 heavy (non-hydrogen) atoms. The molecule has 0 bridgehead atoms. The topological polar surface area (TPSA) is 20.2 Å². The molecule has 0 aliphatic heterocycles. The Labute approximate surface area is 114 Å². The van der Waals surface area contributed by atoms with Crippen molar-refractivity contribution in [3.05, 3.63) is 29.8 Å². The number of alkyl halides is 1. The average molecular weight is 273 g/mol. The fourth-order valence-electron chi connectivity index (χ4n) is 1.47. The summed E-state index contributed by atoms with van der Waals surface area (Å²) in [7, 11) is 0. The van der Waals surface area contributed by atoms with Crippen molar-refractivity contribution in [3.8, 4) is 0 Å². The van der Waals surface area contributed by atoms with E-state index in [-0.39, 0.29) is 0 Å². The van der Waals surface area contributed by atoms with Gasteiger partial charge < -0.3 is 5.11 Å². The van der Waals surface area contributed by atoms with Gasteiger partial charge in [0.25, 0.3) is 0 Å². The molecule has 1 aromatic rings. The van der Waals surface area contributed by atoms with E-state index in [4.69, 9.17) is 11.6 Å². The van der Waals surface area contributed by atoms with Crippen LogP contribution in [0.4, 0.5) is 0 Å². The van der Waals surface area contributed by atoms with Gasteiger partial charge in [0, 0.05) is 10.8 Å². The van der Waals surface area contributed by atoms with Crippen LogP contribution in [0.3, 0.4) is 0 Å². The molecule has 0 radical (unpaired) electrons. The molecule has 0 aliphatic carbocycles. The maximum atomic E-state index is 9.77. The van der Waals surface area contributed by atoms with Gasteiger partial charge in [-0.25, -0.2) is 0 Å². The molecule has 3 heteroatoms. The van der Waals surface area contributed by atoms with E-state index in [1.54, 1.807) is 0 Å². The van der Waals surface area contributed by atoms with E-state index in [1.165, 1.54) is 11.3 Å². The molecule has 0 aliphatic rings. The van der Waals surface area contributed by atoms with Gasteiger partial charge in [0.15, 0.2) is 0 Å². The Balaban J connectivity index is 2.44. The smallest absolute Gasteiger partial charge is 0.0801 e. The highest BCUT2D eigenvalue weighted by molar-refractivity contribution is 7.99. The number of hydrogen-bond donors (Lipinski definition) is 1. The molecule has 0 amide bonds. The van der Waals surface area contributed by atoms with Crippen molar-refractivity contribution in [1.82, 2.24) is 0 Å². The summed E-state index contributed by atoms with van der Waals surface area (Å²) in [6.07, 6.45) is 1.42. The average Bonchev–Trinajstić information content (AvgIpc) is 2.30. The molecular weight excluding hydrogens is 252 g/mol. The van der Waals surface area contributed by atoms with Crippen LogP contribution >= 0.6 is 23.4 Å². The molecule has 0 saturated heterocycles. The van der Waals surface area contributed by atoms with Gasteiger partial charge in [0.05, 0.1) is 6.10 Å². The zero-order valence-corrected chi connectivity index (χ0v) is 12.1. The molecule has 1 N–H and O–H groups in total. The van der Waals surface area contributed by atoms with E-state index in [9.17, 15) is 5.11 Å². The van der Waals surface area contributed by atoms with Crippen LogP contribution in [0.1, 0.15) is 38.4 Å². The standard InChI is InChI=1S/C14H21ClOS/c1-11(2)8-10-17-13-5-3-12(4-6-13)14(16)7-9-15/h3-6,11,14,16H,7-10H2,1-2H3. The van der Waals surface area contributed by atoms with Gasteiger partial charge in [-0.15, -0.1) is 23.4 Å². The lowest BCUT2D eigenvalue weighted by atomic mass is 10.1. The first kappa shape index (κ1) is 14.9. The summed E-state index contributed by atoms with van der Waals surface area (Å²) in [6.45, 7) is 4.48. The first-order valence-electron chi connectivity index (χ1n) is 6.10. The predicted molar refractivity (Wildman–Crippen MR) is 76.9 cm³/mol. The molecule has 0 heterocycles. The third kappa shape index (κ3) is 5.80. The predicted octanol–water partition coefficient (Wildman–Crippen LogP) is 4.49. The highest BCUT2D eigenvalue weighted by atomic mass is 35.5.